The number of aromatic nitrogens is 3. The molecule has 0 aliphatic heterocycles. The third-order valence-electron chi connectivity index (χ3n) is 3.83. The van der Waals surface area contributed by atoms with Crippen LogP contribution in [0.2, 0.25) is 0 Å². The summed E-state index contributed by atoms with van der Waals surface area (Å²) in [7, 11) is 3.08. The molecule has 0 bridgehead atoms. The summed E-state index contributed by atoms with van der Waals surface area (Å²) in [5, 5.41) is 3.37. The van der Waals surface area contributed by atoms with E-state index < -0.39 is 0 Å². The van der Waals surface area contributed by atoms with Gasteiger partial charge in [-0.15, -0.1) is 6.58 Å². The second kappa shape index (κ2) is 6.68. The molecular weight excluding hydrogens is 324 g/mol. The predicted octanol–water partition coefficient (Wildman–Crippen LogP) is 1.20. The fraction of sp³-hybridized carbons (Fsp3) is 0.235. The molecule has 0 unspecified atom stereocenters. The molecule has 0 saturated carbocycles. The van der Waals surface area contributed by atoms with Gasteiger partial charge in [0.15, 0.2) is 11.5 Å². The zero-order chi connectivity index (χ0) is 18.0. The van der Waals surface area contributed by atoms with Crippen molar-refractivity contribution in [2.45, 2.75) is 6.54 Å². The van der Waals surface area contributed by atoms with E-state index in [1.165, 1.54) is 10.9 Å². The zero-order valence-electron chi connectivity index (χ0n) is 14.0. The van der Waals surface area contributed by atoms with Crippen molar-refractivity contribution < 1.29 is 14.3 Å². The van der Waals surface area contributed by atoms with Gasteiger partial charge in [-0.2, -0.15) is 0 Å². The van der Waals surface area contributed by atoms with E-state index in [-0.39, 0.29) is 18.0 Å². The zero-order valence-corrected chi connectivity index (χ0v) is 14.0. The van der Waals surface area contributed by atoms with Crippen molar-refractivity contribution >= 4 is 27.8 Å². The van der Waals surface area contributed by atoms with E-state index in [9.17, 15) is 9.59 Å². The summed E-state index contributed by atoms with van der Waals surface area (Å²) < 4.78 is 11.8. The maximum Gasteiger partial charge on any atom is 0.278 e. The van der Waals surface area contributed by atoms with Crippen molar-refractivity contribution in [3.05, 3.63) is 41.5 Å². The van der Waals surface area contributed by atoms with Crippen molar-refractivity contribution in [2.75, 3.05) is 20.8 Å². The molecule has 0 spiro atoms. The number of nitrogens with zero attached hydrogens (tertiary/aromatic N) is 2. The van der Waals surface area contributed by atoms with Gasteiger partial charge in [0.25, 0.3) is 5.56 Å². The largest absolute Gasteiger partial charge is 0.493 e. The highest BCUT2D eigenvalue weighted by Gasteiger charge is 2.15. The molecule has 25 heavy (non-hydrogen) atoms. The van der Waals surface area contributed by atoms with Crippen LogP contribution in [0.25, 0.3) is 21.9 Å². The lowest BCUT2D eigenvalue weighted by molar-refractivity contribution is -0.121. The number of H-pyrrole nitrogens is 1. The maximum absolute atomic E-state index is 12.6. The van der Waals surface area contributed by atoms with Crippen molar-refractivity contribution in [3.63, 3.8) is 0 Å². The summed E-state index contributed by atoms with van der Waals surface area (Å²) in [6.07, 6.45) is 2.93. The number of carbonyl (C=O) groups excluding carboxylic acids is 1. The van der Waals surface area contributed by atoms with Crippen LogP contribution in [-0.4, -0.2) is 41.2 Å². The summed E-state index contributed by atoms with van der Waals surface area (Å²) in [5.74, 6) is 0.805. The van der Waals surface area contributed by atoms with E-state index in [1.54, 1.807) is 32.4 Å². The van der Waals surface area contributed by atoms with Gasteiger partial charge in [-0.3, -0.25) is 14.2 Å². The summed E-state index contributed by atoms with van der Waals surface area (Å²) in [6.45, 7) is 3.76. The Morgan fingerprint density at radius 2 is 2.08 bits per heavy atom. The molecule has 1 amide bonds. The Morgan fingerprint density at radius 3 is 2.76 bits per heavy atom. The molecule has 0 aliphatic rings. The fourth-order valence-electron chi connectivity index (χ4n) is 2.63. The lowest BCUT2D eigenvalue weighted by atomic mass is 10.2. The Labute approximate surface area is 143 Å². The quantitative estimate of drug-likeness (QED) is 0.656. The molecule has 8 heteroatoms. The van der Waals surface area contributed by atoms with E-state index >= 15 is 0 Å². The topological polar surface area (TPSA) is 98.2 Å². The van der Waals surface area contributed by atoms with Crippen molar-refractivity contribution in [3.8, 4) is 11.5 Å². The highest BCUT2D eigenvalue weighted by Crippen LogP contribution is 2.34. The number of nitrogens with one attached hydrogen (secondary N) is 2. The number of aromatic amines is 1. The predicted molar refractivity (Wildman–Crippen MR) is 94.2 cm³/mol. The fourth-order valence-corrected chi connectivity index (χ4v) is 2.63. The number of methoxy groups -OCH3 is 2. The molecule has 130 valence electrons. The Kier molecular flexibility index (Phi) is 4.42. The van der Waals surface area contributed by atoms with Crippen LogP contribution in [0.15, 0.2) is 35.9 Å². The number of amides is 1. The normalized spacial score (nSPS) is 10.8. The molecular formula is C17H18N4O4. The minimum absolute atomic E-state index is 0.113. The third-order valence-corrected chi connectivity index (χ3v) is 3.83. The number of fused-ring (bicyclic) bond motifs is 3. The molecule has 3 aromatic rings. The monoisotopic (exact) mass is 342 g/mol. The molecule has 2 aromatic heterocycles. The van der Waals surface area contributed by atoms with Crippen molar-refractivity contribution in [1.82, 2.24) is 19.9 Å². The van der Waals surface area contributed by atoms with Gasteiger partial charge >= 0.3 is 0 Å². The van der Waals surface area contributed by atoms with Crippen molar-refractivity contribution in [2.24, 2.45) is 0 Å². The minimum Gasteiger partial charge on any atom is -0.493 e. The highest BCUT2D eigenvalue weighted by atomic mass is 16.5. The van der Waals surface area contributed by atoms with Crippen LogP contribution in [0.3, 0.4) is 0 Å². The first-order chi connectivity index (χ1) is 12.1. The average Bonchev–Trinajstić information content (AvgIpc) is 2.99. The number of benzene rings is 1. The minimum atomic E-state index is -0.326. The average molecular weight is 342 g/mol. The molecule has 0 atom stereocenters. The number of hydrogen-bond donors (Lipinski definition) is 2. The van der Waals surface area contributed by atoms with Gasteiger partial charge in [0.05, 0.1) is 26.1 Å². The van der Waals surface area contributed by atoms with Crippen LogP contribution in [0, 0.1) is 0 Å². The van der Waals surface area contributed by atoms with E-state index in [4.69, 9.17) is 9.47 Å². The second-order valence-corrected chi connectivity index (χ2v) is 5.37. The Hall–Kier alpha value is -3.29. The standard InChI is InChI=1S/C17H18N4O4/c1-4-5-18-14(22)8-21-9-19-15-10-6-12(24-2)13(25-3)7-11(10)20-16(15)17(21)23/h4,6-7,9,20H,1,5,8H2,2-3H3,(H,18,22). The SMILES string of the molecule is C=CCNC(=O)Cn1cnc2c([nH]c3cc(OC)c(OC)cc32)c1=O. The number of rotatable bonds is 6. The molecule has 2 heterocycles. The van der Waals surface area contributed by atoms with Gasteiger partial charge in [0.1, 0.15) is 17.6 Å². The first-order valence-corrected chi connectivity index (χ1v) is 7.59. The van der Waals surface area contributed by atoms with Crippen LogP contribution in [-0.2, 0) is 11.3 Å². The summed E-state index contributed by atoms with van der Waals surface area (Å²) in [4.78, 5) is 31.8. The van der Waals surface area contributed by atoms with E-state index in [1.807, 2.05) is 0 Å². The molecule has 1 aromatic carbocycles. The van der Waals surface area contributed by atoms with Crippen molar-refractivity contribution in [1.29, 1.82) is 0 Å². The van der Waals surface area contributed by atoms with Gasteiger partial charge in [-0.1, -0.05) is 6.08 Å². The van der Waals surface area contributed by atoms with Gasteiger partial charge in [0, 0.05) is 18.0 Å². The molecule has 2 N–H and O–H groups in total. The number of hydrogen-bond acceptors (Lipinski definition) is 5. The van der Waals surface area contributed by atoms with Crippen LogP contribution in [0.5, 0.6) is 11.5 Å². The van der Waals surface area contributed by atoms with Gasteiger partial charge < -0.3 is 19.8 Å². The Bertz CT molecular complexity index is 1020. The number of carbonyl (C=O) groups is 1. The molecule has 0 fully saturated rings. The van der Waals surface area contributed by atoms with Gasteiger partial charge in [-0.25, -0.2) is 4.98 Å². The lowest BCUT2D eigenvalue weighted by Gasteiger charge is -2.07. The summed E-state index contributed by atoms with van der Waals surface area (Å²) >= 11 is 0. The molecule has 0 saturated heterocycles. The number of ether oxygens (including phenoxy) is 2. The second-order valence-electron chi connectivity index (χ2n) is 5.37. The van der Waals surface area contributed by atoms with Crippen LogP contribution >= 0.6 is 0 Å². The maximum atomic E-state index is 12.6. The van der Waals surface area contributed by atoms with Gasteiger partial charge in [0.2, 0.25) is 5.91 Å². The third kappa shape index (κ3) is 2.93. The van der Waals surface area contributed by atoms with Crippen LogP contribution in [0.1, 0.15) is 0 Å². The molecule has 0 aliphatic carbocycles. The van der Waals surface area contributed by atoms with Gasteiger partial charge in [-0.05, 0) is 6.07 Å². The highest BCUT2D eigenvalue weighted by molar-refractivity contribution is 6.05. The Morgan fingerprint density at radius 1 is 1.36 bits per heavy atom. The van der Waals surface area contributed by atoms with E-state index in [0.29, 0.717) is 34.6 Å². The van der Waals surface area contributed by atoms with Crippen LogP contribution < -0.4 is 20.3 Å². The molecule has 0 radical (unpaired) electrons. The molecule has 8 nitrogen and oxygen atoms in total. The van der Waals surface area contributed by atoms with E-state index in [0.717, 1.165) is 5.39 Å². The Balaban J connectivity index is 2.09. The summed E-state index contributed by atoms with van der Waals surface area (Å²) in [6, 6.07) is 3.51. The smallest absolute Gasteiger partial charge is 0.278 e. The first-order valence-electron chi connectivity index (χ1n) is 7.59. The summed E-state index contributed by atoms with van der Waals surface area (Å²) in [5.41, 5.74) is 1.21. The van der Waals surface area contributed by atoms with Crippen LogP contribution in [0.4, 0.5) is 0 Å². The first kappa shape index (κ1) is 16.6. The molecule has 3 rings (SSSR count). The lowest BCUT2D eigenvalue weighted by Crippen LogP contribution is -2.32. The van der Waals surface area contributed by atoms with E-state index in [2.05, 4.69) is 21.9 Å².